The lowest BCUT2D eigenvalue weighted by atomic mass is 10.0. The predicted molar refractivity (Wildman–Crippen MR) is 153 cm³/mol. The van der Waals surface area contributed by atoms with Crippen molar-refractivity contribution in [2.45, 2.75) is 46.6 Å². The Hall–Kier alpha value is -2.81. The van der Waals surface area contributed by atoms with Crippen molar-refractivity contribution in [1.29, 1.82) is 0 Å². The lowest BCUT2D eigenvalue weighted by molar-refractivity contribution is 0.115. The molecule has 3 N–H and O–H groups in total. The largest absolute Gasteiger partial charge is 0.396 e. The molecule has 188 valence electrons. The van der Waals surface area contributed by atoms with Crippen LogP contribution >= 0.6 is 23.2 Å². The summed E-state index contributed by atoms with van der Waals surface area (Å²) >= 11 is 12.6. The Morgan fingerprint density at radius 3 is 2.23 bits per heavy atom. The number of aliphatic hydroxyl groups excluding tert-OH is 1. The first-order valence-electron chi connectivity index (χ1n) is 11.3. The van der Waals surface area contributed by atoms with Crippen LogP contribution in [-0.4, -0.2) is 28.3 Å². The molecule has 0 atom stereocenters. The van der Waals surface area contributed by atoms with Crippen molar-refractivity contribution in [3.63, 3.8) is 0 Å². The molecule has 0 saturated heterocycles. The number of terminal acetylenes is 1. The van der Waals surface area contributed by atoms with Crippen LogP contribution in [0.1, 0.15) is 52.2 Å². The van der Waals surface area contributed by atoms with Gasteiger partial charge in [0.25, 0.3) is 0 Å². The molecule has 35 heavy (non-hydrogen) atoms. The summed E-state index contributed by atoms with van der Waals surface area (Å²) in [5.74, 6) is 0.432. The monoisotopic (exact) mass is 514 g/mol. The first-order valence-corrected chi connectivity index (χ1v) is 12.0. The van der Waals surface area contributed by atoms with E-state index in [4.69, 9.17) is 33.3 Å². The zero-order chi connectivity index (χ0) is 27.0. The van der Waals surface area contributed by atoms with Gasteiger partial charge in [0.15, 0.2) is 0 Å². The van der Waals surface area contributed by atoms with E-state index in [9.17, 15) is 5.11 Å². The lowest BCUT2D eigenvalue weighted by Crippen LogP contribution is -2.35. The van der Waals surface area contributed by atoms with Gasteiger partial charge in [-0.1, -0.05) is 80.1 Å². The number of amidine groups is 1. The van der Waals surface area contributed by atoms with Crippen LogP contribution in [0.15, 0.2) is 78.0 Å². The third-order valence-corrected chi connectivity index (χ3v) is 5.38. The van der Waals surface area contributed by atoms with Crippen LogP contribution in [0.3, 0.4) is 0 Å². The van der Waals surface area contributed by atoms with E-state index in [0.29, 0.717) is 39.2 Å². The van der Waals surface area contributed by atoms with Gasteiger partial charge in [0.1, 0.15) is 5.84 Å². The molecule has 6 heteroatoms. The number of hydrogen-bond donors (Lipinski definition) is 3. The molecule has 2 rings (SSSR count). The molecule has 0 aromatic heterocycles. The summed E-state index contributed by atoms with van der Waals surface area (Å²) in [5.41, 5.74) is 2.61. The molecule has 4 nitrogen and oxygen atoms in total. The first kappa shape index (κ1) is 32.2. The first-order chi connectivity index (χ1) is 16.7. The highest BCUT2D eigenvalue weighted by Gasteiger charge is 2.20. The molecule has 0 saturated carbocycles. The highest BCUT2D eigenvalue weighted by molar-refractivity contribution is 6.44. The van der Waals surface area contributed by atoms with Gasteiger partial charge in [-0.3, -0.25) is 0 Å². The maximum absolute atomic E-state index is 10.3. The minimum absolute atomic E-state index is 0.124. The number of nitrogens with zero attached hydrogens (tertiary/aromatic N) is 1. The van der Waals surface area contributed by atoms with E-state index in [1.54, 1.807) is 32.0 Å². The van der Waals surface area contributed by atoms with Crippen molar-refractivity contribution in [2.75, 3.05) is 6.61 Å². The van der Waals surface area contributed by atoms with Crippen LogP contribution in [0.2, 0.25) is 10.0 Å². The van der Waals surface area contributed by atoms with E-state index in [2.05, 4.69) is 24.7 Å². The van der Waals surface area contributed by atoms with Gasteiger partial charge >= 0.3 is 0 Å². The molecule has 0 aliphatic rings. The van der Waals surface area contributed by atoms with Gasteiger partial charge < -0.3 is 15.5 Å². The fraction of sp³-hybridized carbons (Fsp3) is 0.276. The second kappa shape index (κ2) is 16.8. The van der Waals surface area contributed by atoms with Crippen molar-refractivity contribution < 1.29 is 10.2 Å². The number of allylic oxidation sites excluding steroid dienone is 3. The van der Waals surface area contributed by atoms with Crippen molar-refractivity contribution in [2.24, 2.45) is 4.99 Å². The molecule has 0 spiro atoms. The third-order valence-electron chi connectivity index (χ3n) is 4.56. The highest BCUT2D eigenvalue weighted by atomic mass is 35.5. The molecule has 2 aromatic rings. The molecule has 2 aromatic carbocycles. The van der Waals surface area contributed by atoms with Crippen LogP contribution in [0, 0.1) is 12.8 Å². The second-order valence-corrected chi connectivity index (χ2v) is 8.22. The van der Waals surface area contributed by atoms with Crippen molar-refractivity contribution in [1.82, 2.24) is 5.32 Å². The van der Waals surface area contributed by atoms with Crippen molar-refractivity contribution >= 4 is 40.3 Å². The summed E-state index contributed by atoms with van der Waals surface area (Å²) in [4.78, 5) is 4.71. The zero-order valence-corrected chi connectivity index (χ0v) is 22.7. The molecule has 0 amide bonds. The topological polar surface area (TPSA) is 64.9 Å². The molecule has 0 unspecified atom stereocenters. The smallest absolute Gasteiger partial charge is 0.139 e. The molecule has 0 fully saturated rings. The fourth-order valence-electron chi connectivity index (χ4n) is 2.64. The van der Waals surface area contributed by atoms with Gasteiger partial charge in [-0.25, -0.2) is 4.99 Å². The Morgan fingerprint density at radius 2 is 1.71 bits per heavy atom. The average Bonchev–Trinajstić information content (AvgIpc) is 2.86. The number of halogens is 2. The highest BCUT2D eigenvalue weighted by Crippen LogP contribution is 2.28. The summed E-state index contributed by atoms with van der Waals surface area (Å²) in [5, 5.41) is 23.1. The van der Waals surface area contributed by atoms with Gasteiger partial charge in [-0.05, 0) is 62.6 Å². The number of rotatable bonds is 8. The van der Waals surface area contributed by atoms with E-state index in [1.165, 1.54) is 0 Å². The van der Waals surface area contributed by atoms with Gasteiger partial charge in [-0.2, -0.15) is 0 Å². The SMILES string of the molecule is C#C.C=C(NC(=Nc1ccc(C(/C=C\CCO)=C/C)cc1)c1cccc(Cl)c1Cl)C(C)(C)O.CC. The minimum Gasteiger partial charge on any atom is -0.396 e. The normalized spacial score (nSPS) is 11.7. The van der Waals surface area contributed by atoms with E-state index in [0.717, 1.165) is 11.1 Å². The minimum atomic E-state index is -1.16. The molecule has 0 radical (unpaired) electrons. The van der Waals surface area contributed by atoms with Gasteiger partial charge in [-0.15, -0.1) is 12.8 Å². The Kier molecular flexibility index (Phi) is 15.4. The van der Waals surface area contributed by atoms with Crippen LogP contribution in [-0.2, 0) is 0 Å². The Morgan fingerprint density at radius 1 is 1.11 bits per heavy atom. The molecule has 0 aliphatic heterocycles. The van der Waals surface area contributed by atoms with E-state index in [-0.39, 0.29) is 6.61 Å². The Balaban J connectivity index is 0.00000274. The van der Waals surface area contributed by atoms with Crippen LogP contribution in [0.5, 0.6) is 0 Å². The van der Waals surface area contributed by atoms with E-state index in [1.807, 2.05) is 63.3 Å². The van der Waals surface area contributed by atoms with Crippen molar-refractivity contribution in [3.05, 3.63) is 94.1 Å². The maximum Gasteiger partial charge on any atom is 0.139 e. The average molecular weight is 516 g/mol. The quantitative estimate of drug-likeness (QED) is 0.147. The summed E-state index contributed by atoms with van der Waals surface area (Å²) in [6, 6.07) is 13.0. The number of aliphatic imine (C=N–C) groups is 1. The fourth-order valence-corrected chi connectivity index (χ4v) is 3.03. The van der Waals surface area contributed by atoms with E-state index >= 15 is 0 Å². The lowest BCUT2D eigenvalue weighted by Gasteiger charge is -2.23. The van der Waals surface area contributed by atoms with Gasteiger partial charge in [0, 0.05) is 17.9 Å². The van der Waals surface area contributed by atoms with Crippen LogP contribution in [0.4, 0.5) is 5.69 Å². The summed E-state index contributed by atoms with van der Waals surface area (Å²) in [6.45, 7) is 13.3. The molecule has 0 heterocycles. The standard InChI is InChI=1S/C25H28Cl2N2O2.C2H6.C2H2/c1-5-18(9-6-7-16-30)19-12-14-20(15-13-19)29-24(28-17(2)25(3,4)31)21-10-8-11-22(26)23(21)27;2*1-2/h5-6,8-15,30-31H,2,7,16H2,1,3-4H3,(H,28,29);1-2H3;1-2H/b9-6-,18-5+;;. The predicted octanol–water partition coefficient (Wildman–Crippen LogP) is 7.56. The second-order valence-electron chi connectivity index (χ2n) is 7.43. The number of benzene rings is 2. The number of hydrogen-bond acceptors (Lipinski definition) is 3. The summed E-state index contributed by atoms with van der Waals surface area (Å²) in [6.07, 6.45) is 14.5. The van der Waals surface area contributed by atoms with Crippen LogP contribution in [0.25, 0.3) is 5.57 Å². The Bertz CT molecular complexity index is 1040. The number of nitrogens with one attached hydrogen (secondary N) is 1. The van der Waals surface area contributed by atoms with Gasteiger partial charge in [0.2, 0.25) is 0 Å². The van der Waals surface area contributed by atoms with Crippen LogP contribution < -0.4 is 5.32 Å². The van der Waals surface area contributed by atoms with Crippen molar-refractivity contribution in [3.8, 4) is 12.8 Å². The molecule has 0 bridgehead atoms. The molecular weight excluding hydrogens is 479 g/mol. The third kappa shape index (κ3) is 10.5. The summed E-state index contributed by atoms with van der Waals surface area (Å²) < 4.78 is 0. The molecular formula is C29H36Cl2N2O2. The zero-order valence-electron chi connectivity index (χ0n) is 21.1. The number of aliphatic hydroxyl groups is 2. The van der Waals surface area contributed by atoms with Gasteiger partial charge in [0.05, 0.1) is 21.3 Å². The van der Waals surface area contributed by atoms with E-state index < -0.39 is 5.60 Å². The molecule has 0 aliphatic carbocycles. The maximum atomic E-state index is 10.3. The Labute approximate surface area is 220 Å². The summed E-state index contributed by atoms with van der Waals surface area (Å²) in [7, 11) is 0.